The standard InChI is InChI=1S/C23H24N6O4.C2H6/c1-27(2)21(31)16-10-15(12-24)11-17(20(16)30)26-19-18(22(32)28(3)29(4)23(19)33)25-13-14-8-6-5-7-9-14;1-2/h5-11,25-26,30H,13H2,1-4H3;1-2H3. The zero-order valence-electron chi connectivity index (χ0n) is 20.7. The van der Waals surface area contributed by atoms with Crippen LogP contribution < -0.4 is 21.8 Å². The van der Waals surface area contributed by atoms with Gasteiger partial charge in [-0.2, -0.15) is 5.26 Å². The Kier molecular flexibility index (Phi) is 8.83. The minimum Gasteiger partial charge on any atom is -0.505 e. The number of nitrogens with one attached hydrogen (secondary N) is 2. The van der Waals surface area contributed by atoms with E-state index in [0.29, 0.717) is 0 Å². The molecule has 3 rings (SSSR count). The van der Waals surface area contributed by atoms with Crippen LogP contribution >= 0.6 is 0 Å². The summed E-state index contributed by atoms with van der Waals surface area (Å²) in [6.07, 6.45) is 0. The van der Waals surface area contributed by atoms with Crippen molar-refractivity contribution in [2.24, 2.45) is 14.1 Å². The molecule has 0 aliphatic rings. The highest BCUT2D eigenvalue weighted by molar-refractivity contribution is 5.99. The van der Waals surface area contributed by atoms with E-state index >= 15 is 0 Å². The monoisotopic (exact) mass is 478 g/mol. The van der Waals surface area contributed by atoms with Crippen molar-refractivity contribution >= 4 is 23.0 Å². The largest absolute Gasteiger partial charge is 0.505 e. The van der Waals surface area contributed by atoms with E-state index in [0.717, 1.165) is 14.9 Å². The average Bonchev–Trinajstić information content (AvgIpc) is 2.88. The number of carbonyl (C=O) groups excluding carboxylic acids is 1. The Labute approximate surface area is 203 Å². The van der Waals surface area contributed by atoms with Gasteiger partial charge < -0.3 is 20.6 Å². The number of nitrogens with zero attached hydrogens (tertiary/aromatic N) is 4. The van der Waals surface area contributed by atoms with E-state index in [1.807, 2.05) is 50.2 Å². The fourth-order valence-electron chi connectivity index (χ4n) is 3.21. The maximum atomic E-state index is 13.1. The Bertz CT molecular complexity index is 1370. The first kappa shape index (κ1) is 26.7. The van der Waals surface area contributed by atoms with Crippen LogP contribution in [0.2, 0.25) is 0 Å². The fraction of sp³-hybridized carbons (Fsp3) is 0.280. The highest BCUT2D eigenvalue weighted by Gasteiger charge is 2.22. The Hall–Kier alpha value is -4.52. The smallest absolute Gasteiger partial charge is 0.290 e. The summed E-state index contributed by atoms with van der Waals surface area (Å²) < 4.78 is 2.28. The second-order valence-electron chi connectivity index (χ2n) is 7.60. The molecule has 0 saturated heterocycles. The summed E-state index contributed by atoms with van der Waals surface area (Å²) in [5.41, 5.74) is -0.324. The van der Waals surface area contributed by atoms with Crippen LogP contribution in [0, 0.1) is 11.3 Å². The highest BCUT2D eigenvalue weighted by Crippen LogP contribution is 2.33. The van der Waals surface area contributed by atoms with Gasteiger partial charge in [0.05, 0.1) is 22.9 Å². The van der Waals surface area contributed by atoms with Gasteiger partial charge in [-0.3, -0.25) is 14.4 Å². The second-order valence-corrected chi connectivity index (χ2v) is 7.60. The molecular weight excluding hydrogens is 448 g/mol. The fourth-order valence-corrected chi connectivity index (χ4v) is 3.21. The minimum absolute atomic E-state index is 0.00769. The van der Waals surface area contributed by atoms with E-state index < -0.39 is 22.8 Å². The normalized spacial score (nSPS) is 9.97. The van der Waals surface area contributed by atoms with Gasteiger partial charge in [0.2, 0.25) is 0 Å². The van der Waals surface area contributed by atoms with Crippen LogP contribution in [0.5, 0.6) is 5.75 Å². The number of aromatic hydroxyl groups is 1. The molecule has 0 spiro atoms. The first-order chi connectivity index (χ1) is 16.6. The van der Waals surface area contributed by atoms with Crippen LogP contribution in [0.3, 0.4) is 0 Å². The van der Waals surface area contributed by atoms with Gasteiger partial charge in [-0.25, -0.2) is 9.36 Å². The maximum Gasteiger partial charge on any atom is 0.290 e. The van der Waals surface area contributed by atoms with E-state index in [1.165, 1.54) is 45.2 Å². The number of benzene rings is 2. The van der Waals surface area contributed by atoms with Crippen molar-refractivity contribution in [3.05, 3.63) is 79.9 Å². The van der Waals surface area contributed by atoms with Crippen LogP contribution in [0.15, 0.2) is 52.1 Å². The Morgan fingerprint density at radius 1 is 1.03 bits per heavy atom. The summed E-state index contributed by atoms with van der Waals surface area (Å²) in [5, 5.41) is 25.9. The van der Waals surface area contributed by atoms with E-state index in [4.69, 9.17) is 0 Å². The number of hydrogen-bond acceptors (Lipinski definition) is 7. The molecule has 0 radical (unpaired) electrons. The third-order valence-corrected chi connectivity index (χ3v) is 5.16. The molecule has 10 heteroatoms. The van der Waals surface area contributed by atoms with Gasteiger partial charge in [0.25, 0.3) is 17.0 Å². The predicted octanol–water partition coefficient (Wildman–Crippen LogP) is 2.74. The molecule has 3 aromatic rings. The SMILES string of the molecule is CC.CN(C)C(=O)c1cc(C#N)cc(Nc2c(NCc3ccccc3)c(=O)n(C)n(C)c2=O)c1O. The third-order valence-electron chi connectivity index (χ3n) is 5.16. The maximum absolute atomic E-state index is 13.1. The number of rotatable bonds is 6. The molecule has 184 valence electrons. The lowest BCUT2D eigenvalue weighted by Crippen LogP contribution is -2.38. The van der Waals surface area contributed by atoms with Crippen molar-refractivity contribution < 1.29 is 9.90 Å². The minimum atomic E-state index is -0.546. The first-order valence-corrected chi connectivity index (χ1v) is 11.0. The number of aromatic nitrogens is 2. The van der Waals surface area contributed by atoms with Crippen molar-refractivity contribution in [1.82, 2.24) is 14.3 Å². The molecule has 0 fully saturated rings. The number of hydrogen-bond donors (Lipinski definition) is 3. The van der Waals surface area contributed by atoms with Gasteiger partial charge in [-0.05, 0) is 17.7 Å². The molecule has 1 heterocycles. The van der Waals surface area contributed by atoms with Crippen molar-refractivity contribution in [2.75, 3.05) is 24.7 Å². The molecule has 0 aliphatic carbocycles. The zero-order chi connectivity index (χ0) is 26.3. The van der Waals surface area contributed by atoms with Crippen LogP contribution in [0.25, 0.3) is 0 Å². The number of nitriles is 1. The lowest BCUT2D eigenvalue weighted by molar-refractivity contribution is 0.0824. The summed E-state index contributed by atoms with van der Waals surface area (Å²) in [5.74, 6) is -0.962. The van der Waals surface area contributed by atoms with Crippen molar-refractivity contribution in [3.8, 4) is 11.8 Å². The van der Waals surface area contributed by atoms with Crippen molar-refractivity contribution in [3.63, 3.8) is 0 Å². The third kappa shape index (κ3) is 5.70. The Balaban J connectivity index is 0.00000210. The summed E-state index contributed by atoms with van der Waals surface area (Å²) in [6.45, 7) is 4.27. The molecule has 10 nitrogen and oxygen atoms in total. The molecule has 1 aromatic heterocycles. The Morgan fingerprint density at radius 2 is 1.60 bits per heavy atom. The van der Waals surface area contributed by atoms with Crippen LogP contribution in [0.4, 0.5) is 17.1 Å². The summed E-state index contributed by atoms with van der Waals surface area (Å²) in [4.78, 5) is 39.8. The quantitative estimate of drug-likeness (QED) is 0.464. The number of phenols is 1. The number of anilines is 3. The topological polar surface area (TPSA) is 132 Å². The number of phenolic OH excluding ortho intramolecular Hbond substituents is 1. The summed E-state index contributed by atoms with van der Waals surface area (Å²) >= 11 is 0. The van der Waals surface area contributed by atoms with Gasteiger partial charge in [-0.1, -0.05) is 44.2 Å². The second kappa shape index (κ2) is 11.6. The van der Waals surface area contributed by atoms with E-state index in [1.54, 1.807) is 0 Å². The number of amides is 1. The average molecular weight is 479 g/mol. The first-order valence-electron chi connectivity index (χ1n) is 11.0. The van der Waals surface area contributed by atoms with Crippen LogP contribution in [0.1, 0.15) is 35.3 Å². The van der Waals surface area contributed by atoms with Gasteiger partial charge in [0, 0.05) is 34.7 Å². The van der Waals surface area contributed by atoms with E-state index in [-0.39, 0.29) is 34.7 Å². The van der Waals surface area contributed by atoms with E-state index in [2.05, 4.69) is 10.6 Å². The molecule has 0 aliphatic heterocycles. The lowest BCUT2D eigenvalue weighted by Gasteiger charge is -2.19. The molecule has 0 atom stereocenters. The van der Waals surface area contributed by atoms with Gasteiger partial charge in [-0.15, -0.1) is 0 Å². The molecule has 1 amide bonds. The van der Waals surface area contributed by atoms with Gasteiger partial charge >= 0.3 is 0 Å². The molecular formula is C25H30N6O4. The highest BCUT2D eigenvalue weighted by atomic mass is 16.3. The van der Waals surface area contributed by atoms with Gasteiger partial charge in [0.1, 0.15) is 11.4 Å². The molecule has 3 N–H and O–H groups in total. The summed E-state index contributed by atoms with van der Waals surface area (Å²) in [6, 6.07) is 13.8. The molecule has 0 saturated carbocycles. The van der Waals surface area contributed by atoms with Crippen LogP contribution in [-0.4, -0.2) is 39.4 Å². The molecule has 2 aromatic carbocycles. The number of carbonyl (C=O) groups is 1. The van der Waals surface area contributed by atoms with Crippen molar-refractivity contribution in [2.45, 2.75) is 20.4 Å². The molecule has 35 heavy (non-hydrogen) atoms. The lowest BCUT2D eigenvalue weighted by atomic mass is 10.1. The Morgan fingerprint density at radius 3 is 2.14 bits per heavy atom. The summed E-state index contributed by atoms with van der Waals surface area (Å²) in [7, 11) is 5.91. The van der Waals surface area contributed by atoms with Gasteiger partial charge in [0.15, 0.2) is 5.75 Å². The predicted molar refractivity (Wildman–Crippen MR) is 136 cm³/mol. The van der Waals surface area contributed by atoms with Crippen molar-refractivity contribution in [1.29, 1.82) is 5.26 Å². The van der Waals surface area contributed by atoms with E-state index in [9.17, 15) is 24.8 Å². The molecule has 0 bridgehead atoms. The molecule has 0 unspecified atom stereocenters. The van der Waals surface area contributed by atoms with Crippen LogP contribution in [-0.2, 0) is 20.6 Å². The zero-order valence-corrected chi connectivity index (χ0v) is 20.7.